The van der Waals surface area contributed by atoms with Crippen LogP contribution >= 0.6 is 11.8 Å². The van der Waals surface area contributed by atoms with Crippen molar-refractivity contribution in [3.63, 3.8) is 0 Å². The van der Waals surface area contributed by atoms with Gasteiger partial charge in [-0.25, -0.2) is 4.39 Å². The quantitative estimate of drug-likeness (QED) is 0.928. The van der Waals surface area contributed by atoms with Crippen LogP contribution in [0.15, 0.2) is 24.3 Å². The average Bonchev–Trinajstić information content (AvgIpc) is 2.71. The third-order valence-electron chi connectivity index (χ3n) is 3.43. The summed E-state index contributed by atoms with van der Waals surface area (Å²) in [7, 11) is 0. The number of benzene rings is 1. The largest absolute Gasteiger partial charge is 0.347 e. The molecule has 0 spiro atoms. The number of nitrogens with one attached hydrogen (secondary N) is 1. The van der Waals surface area contributed by atoms with Crippen molar-refractivity contribution in [1.29, 1.82) is 0 Å². The van der Waals surface area contributed by atoms with Crippen molar-refractivity contribution in [1.82, 2.24) is 10.2 Å². The Morgan fingerprint density at radius 2 is 2.14 bits per heavy atom. The Labute approximate surface area is 128 Å². The van der Waals surface area contributed by atoms with Gasteiger partial charge in [-0.3, -0.25) is 9.59 Å². The van der Waals surface area contributed by atoms with Crippen molar-refractivity contribution in [2.45, 2.75) is 18.6 Å². The van der Waals surface area contributed by atoms with Crippen molar-refractivity contribution < 1.29 is 14.0 Å². The molecule has 1 aliphatic heterocycles. The summed E-state index contributed by atoms with van der Waals surface area (Å²) in [6.07, 6.45) is 0.720. The van der Waals surface area contributed by atoms with Crippen molar-refractivity contribution in [2.24, 2.45) is 0 Å². The van der Waals surface area contributed by atoms with Crippen molar-refractivity contribution in [2.75, 3.05) is 25.4 Å². The molecule has 0 aromatic heterocycles. The lowest BCUT2D eigenvalue weighted by Gasteiger charge is -2.20. The molecular weight excluding hydrogens is 291 g/mol. The van der Waals surface area contributed by atoms with Gasteiger partial charge in [0.05, 0.1) is 6.54 Å². The first-order valence-corrected chi connectivity index (χ1v) is 8.01. The van der Waals surface area contributed by atoms with E-state index in [-0.39, 0.29) is 29.4 Å². The molecule has 0 bridgehead atoms. The van der Waals surface area contributed by atoms with E-state index in [1.807, 2.05) is 12.1 Å². The molecule has 1 aliphatic rings. The third kappa shape index (κ3) is 4.46. The lowest BCUT2D eigenvalue weighted by Crippen LogP contribution is -2.40. The maximum atomic E-state index is 13.8. The minimum absolute atomic E-state index is 0.0321. The molecule has 4 nitrogen and oxygen atoms in total. The maximum Gasteiger partial charge on any atom is 0.241 e. The molecule has 1 atom stereocenters. The predicted octanol–water partition coefficient (Wildman–Crippen LogP) is 1.97. The third-order valence-corrected chi connectivity index (χ3v) is 4.75. The number of halogens is 1. The lowest BCUT2D eigenvalue weighted by molar-refractivity contribution is -0.132. The van der Waals surface area contributed by atoms with E-state index in [2.05, 4.69) is 5.32 Å². The zero-order valence-electron chi connectivity index (χ0n) is 12.0. The molecule has 1 heterocycles. The molecule has 0 aliphatic carbocycles. The highest BCUT2D eigenvalue weighted by atomic mass is 32.2. The van der Waals surface area contributed by atoms with Gasteiger partial charge in [0, 0.05) is 36.6 Å². The second-order valence-corrected chi connectivity index (χ2v) is 6.27. The fraction of sp³-hybridized carbons (Fsp3) is 0.467. The van der Waals surface area contributed by atoms with Crippen LogP contribution in [0.4, 0.5) is 4.39 Å². The van der Waals surface area contributed by atoms with Gasteiger partial charge in [0.1, 0.15) is 5.82 Å². The van der Waals surface area contributed by atoms with Crippen LogP contribution in [0, 0.1) is 5.82 Å². The molecule has 2 rings (SSSR count). The highest BCUT2D eigenvalue weighted by Crippen LogP contribution is 2.35. The summed E-state index contributed by atoms with van der Waals surface area (Å²) in [5.74, 6) is 0.287. The summed E-state index contributed by atoms with van der Waals surface area (Å²) >= 11 is 1.68. The first-order chi connectivity index (χ1) is 10.1. The molecule has 2 amide bonds. The van der Waals surface area contributed by atoms with Gasteiger partial charge in [-0.15, -0.1) is 0 Å². The summed E-state index contributed by atoms with van der Waals surface area (Å²) in [5, 5.41) is 2.59. The Kier molecular flexibility index (Phi) is 5.61. The number of nitrogens with zero attached hydrogens (tertiary/aromatic N) is 1. The highest BCUT2D eigenvalue weighted by Gasteiger charge is 2.23. The first-order valence-electron chi connectivity index (χ1n) is 6.96. The summed E-state index contributed by atoms with van der Waals surface area (Å²) < 4.78 is 13.8. The molecule has 1 aromatic rings. The van der Waals surface area contributed by atoms with Gasteiger partial charge >= 0.3 is 0 Å². The van der Waals surface area contributed by atoms with E-state index in [1.165, 1.54) is 13.0 Å². The summed E-state index contributed by atoms with van der Waals surface area (Å²) in [6.45, 7) is 2.64. The number of thioether (sulfide) groups is 1. The van der Waals surface area contributed by atoms with Crippen LogP contribution in [0.3, 0.4) is 0 Å². The fourth-order valence-corrected chi connectivity index (χ4v) is 3.57. The van der Waals surface area contributed by atoms with Gasteiger partial charge in [0.15, 0.2) is 0 Å². The Morgan fingerprint density at radius 1 is 1.38 bits per heavy atom. The normalized spacial score (nSPS) is 19.0. The van der Waals surface area contributed by atoms with Gasteiger partial charge in [0.25, 0.3) is 0 Å². The smallest absolute Gasteiger partial charge is 0.241 e. The van der Waals surface area contributed by atoms with Gasteiger partial charge < -0.3 is 10.2 Å². The molecule has 114 valence electrons. The lowest BCUT2D eigenvalue weighted by atomic mass is 10.1. The topological polar surface area (TPSA) is 49.4 Å². The Hall–Kier alpha value is -1.56. The number of rotatable bonds is 3. The molecule has 0 saturated carbocycles. The number of amides is 2. The van der Waals surface area contributed by atoms with E-state index >= 15 is 0 Å². The van der Waals surface area contributed by atoms with Crippen molar-refractivity contribution in [3.05, 3.63) is 35.6 Å². The van der Waals surface area contributed by atoms with Gasteiger partial charge in [-0.05, 0) is 12.5 Å². The predicted molar refractivity (Wildman–Crippen MR) is 81.5 cm³/mol. The molecule has 1 N–H and O–H groups in total. The van der Waals surface area contributed by atoms with E-state index in [0.29, 0.717) is 18.7 Å². The maximum absolute atomic E-state index is 13.8. The first kappa shape index (κ1) is 15.8. The van der Waals surface area contributed by atoms with Crippen molar-refractivity contribution >= 4 is 23.6 Å². The standard InChI is InChI=1S/C15H19FN2O2S/c1-11(19)17-10-15(20)18-7-6-14(21-9-8-18)12-4-2-3-5-13(12)16/h2-5,14H,6-10H2,1H3,(H,17,19)/t14-/m1/s1. The molecule has 1 fully saturated rings. The molecule has 1 aromatic carbocycles. The van der Waals surface area contributed by atoms with Crippen LogP contribution < -0.4 is 5.32 Å². The number of hydrogen-bond donors (Lipinski definition) is 1. The summed E-state index contributed by atoms with van der Waals surface area (Å²) in [4.78, 5) is 24.6. The second-order valence-electron chi connectivity index (χ2n) is 4.96. The Bertz CT molecular complexity index is 524. The van der Waals surface area contributed by atoms with Gasteiger partial charge in [-0.2, -0.15) is 11.8 Å². The van der Waals surface area contributed by atoms with Crippen LogP contribution in [-0.4, -0.2) is 42.1 Å². The molecule has 1 saturated heterocycles. The second kappa shape index (κ2) is 7.45. The van der Waals surface area contributed by atoms with Crippen LogP contribution in [0.5, 0.6) is 0 Å². The number of carbonyl (C=O) groups excluding carboxylic acids is 2. The zero-order chi connectivity index (χ0) is 15.2. The van der Waals surface area contributed by atoms with E-state index in [1.54, 1.807) is 22.7 Å². The fourth-order valence-electron chi connectivity index (χ4n) is 2.32. The molecule has 0 radical (unpaired) electrons. The number of hydrogen-bond acceptors (Lipinski definition) is 3. The molecule has 0 unspecified atom stereocenters. The molecule has 6 heteroatoms. The van der Waals surface area contributed by atoms with Crippen LogP contribution in [0.1, 0.15) is 24.2 Å². The number of carbonyl (C=O) groups is 2. The van der Waals surface area contributed by atoms with Crippen LogP contribution in [0.2, 0.25) is 0 Å². The zero-order valence-corrected chi connectivity index (χ0v) is 12.8. The monoisotopic (exact) mass is 310 g/mol. The Balaban J connectivity index is 1.94. The summed E-state index contributed by atoms with van der Waals surface area (Å²) in [6, 6.07) is 6.80. The minimum atomic E-state index is -0.211. The van der Waals surface area contributed by atoms with E-state index in [0.717, 1.165) is 12.2 Å². The van der Waals surface area contributed by atoms with Crippen LogP contribution in [0.25, 0.3) is 0 Å². The molecular formula is C15H19FN2O2S. The van der Waals surface area contributed by atoms with E-state index in [9.17, 15) is 14.0 Å². The van der Waals surface area contributed by atoms with Gasteiger partial charge in [-0.1, -0.05) is 18.2 Å². The minimum Gasteiger partial charge on any atom is -0.347 e. The van der Waals surface area contributed by atoms with Gasteiger partial charge in [0.2, 0.25) is 11.8 Å². The van der Waals surface area contributed by atoms with Crippen molar-refractivity contribution in [3.8, 4) is 0 Å². The van der Waals surface area contributed by atoms with E-state index < -0.39 is 0 Å². The van der Waals surface area contributed by atoms with Crippen LogP contribution in [-0.2, 0) is 9.59 Å². The Morgan fingerprint density at radius 3 is 2.86 bits per heavy atom. The highest BCUT2D eigenvalue weighted by molar-refractivity contribution is 7.99. The molecule has 21 heavy (non-hydrogen) atoms. The summed E-state index contributed by atoms with van der Waals surface area (Å²) in [5.41, 5.74) is 0.707. The SMILES string of the molecule is CC(=O)NCC(=O)N1CCS[C@@H](c2ccccc2F)CC1. The average molecular weight is 310 g/mol. The van der Waals surface area contributed by atoms with E-state index in [4.69, 9.17) is 0 Å².